The molecule has 0 amide bonds. The van der Waals surface area contributed by atoms with E-state index in [0.717, 1.165) is 89.0 Å². The van der Waals surface area contributed by atoms with E-state index in [4.69, 9.17) is 19.1 Å². The SMILES string of the molecule is C1=Cc2ccc(-c3ccc4c(c3)c3cccnc3n4-c3ccccn3)cc2C2(c3ccccc31)c1ccccc1Oc1cc3c(cc12)oc1ccccc13. The molecule has 0 saturated carbocycles. The van der Waals surface area contributed by atoms with Gasteiger partial charge in [-0.1, -0.05) is 97.1 Å². The molecule has 12 rings (SSSR count). The molecule has 0 bridgehead atoms. The molecule has 1 aliphatic carbocycles. The second kappa shape index (κ2) is 10.9. The summed E-state index contributed by atoms with van der Waals surface area (Å²) in [4.78, 5) is 9.51. The molecule has 0 fully saturated rings. The predicted octanol–water partition coefficient (Wildman–Crippen LogP) is 12.1. The van der Waals surface area contributed by atoms with Gasteiger partial charge in [-0.15, -0.1) is 0 Å². The van der Waals surface area contributed by atoms with Crippen molar-refractivity contribution in [3.63, 3.8) is 0 Å². The first kappa shape index (κ1) is 29.3. The molecule has 1 aliphatic heterocycles. The number of pyridine rings is 2. The number of nitrogens with zero attached hydrogens (tertiary/aromatic N) is 3. The third-order valence-corrected chi connectivity index (χ3v) is 11.4. The number of furan rings is 1. The van der Waals surface area contributed by atoms with Gasteiger partial charge in [-0.3, -0.25) is 4.57 Å². The van der Waals surface area contributed by atoms with Gasteiger partial charge in [0, 0.05) is 45.1 Å². The van der Waals surface area contributed by atoms with Gasteiger partial charge in [0.2, 0.25) is 0 Å². The summed E-state index contributed by atoms with van der Waals surface area (Å²) >= 11 is 0. The van der Waals surface area contributed by atoms with Crippen molar-refractivity contribution >= 4 is 56.0 Å². The van der Waals surface area contributed by atoms with Crippen molar-refractivity contribution in [1.82, 2.24) is 14.5 Å². The van der Waals surface area contributed by atoms with E-state index in [1.54, 1.807) is 0 Å². The normalized spacial score (nSPS) is 15.6. The first-order valence-corrected chi connectivity index (χ1v) is 18.2. The fourth-order valence-corrected chi connectivity index (χ4v) is 9.10. The molecule has 1 unspecified atom stereocenters. The molecule has 5 heteroatoms. The highest BCUT2D eigenvalue weighted by molar-refractivity contribution is 6.09. The number of benzene rings is 6. The summed E-state index contributed by atoms with van der Waals surface area (Å²) in [6.07, 6.45) is 8.20. The first-order valence-electron chi connectivity index (χ1n) is 18.2. The number of hydrogen-bond acceptors (Lipinski definition) is 4. The van der Waals surface area contributed by atoms with Crippen molar-refractivity contribution < 1.29 is 9.15 Å². The Morgan fingerprint density at radius 2 is 1.22 bits per heavy atom. The summed E-state index contributed by atoms with van der Waals surface area (Å²) in [6.45, 7) is 0. The molecule has 0 saturated heterocycles. The van der Waals surface area contributed by atoms with Gasteiger partial charge in [-0.05, 0) is 100 Å². The zero-order valence-electron chi connectivity index (χ0n) is 28.9. The second-order valence-corrected chi connectivity index (χ2v) is 14.1. The average molecular weight is 692 g/mol. The monoisotopic (exact) mass is 691 g/mol. The zero-order valence-corrected chi connectivity index (χ0v) is 28.9. The standard InChI is InChI=1S/C49H29N3O2/c1-3-13-38-30(10-1)18-19-31-20-21-33(32-22-23-42-36(26-32)35-12-9-25-51-48(35)52(42)47-17-7-8-24-50-47)27-40(31)49(38)39-14-4-6-16-44(39)54-46-28-37-34-11-2-5-15-43(34)53-45(37)29-41(46)49/h1-29H. The largest absolute Gasteiger partial charge is 0.457 e. The van der Waals surface area contributed by atoms with Crippen molar-refractivity contribution in [2.45, 2.75) is 5.41 Å². The Hall–Kier alpha value is -7.24. The predicted molar refractivity (Wildman–Crippen MR) is 216 cm³/mol. The average Bonchev–Trinajstić information content (AvgIpc) is 3.72. The Labute approximate surface area is 310 Å². The van der Waals surface area contributed by atoms with E-state index in [0.29, 0.717) is 0 Å². The van der Waals surface area contributed by atoms with Gasteiger partial charge in [0.25, 0.3) is 0 Å². The van der Waals surface area contributed by atoms with Crippen LogP contribution in [0.15, 0.2) is 168 Å². The fourth-order valence-electron chi connectivity index (χ4n) is 9.10. The minimum atomic E-state index is -0.716. The van der Waals surface area contributed by atoms with Gasteiger partial charge in [-0.25, -0.2) is 9.97 Å². The van der Waals surface area contributed by atoms with Gasteiger partial charge in [-0.2, -0.15) is 0 Å². The molecular formula is C49H29N3O2. The van der Waals surface area contributed by atoms with E-state index in [9.17, 15) is 0 Å². The van der Waals surface area contributed by atoms with Gasteiger partial charge >= 0.3 is 0 Å². The van der Waals surface area contributed by atoms with E-state index in [1.807, 2.05) is 48.8 Å². The van der Waals surface area contributed by atoms with E-state index in [-0.39, 0.29) is 0 Å². The van der Waals surface area contributed by atoms with Crippen LogP contribution in [0.2, 0.25) is 0 Å². The van der Waals surface area contributed by atoms with Gasteiger partial charge in [0.1, 0.15) is 34.1 Å². The van der Waals surface area contributed by atoms with Crippen LogP contribution in [0.4, 0.5) is 0 Å². The number of fused-ring (bicyclic) bond motifs is 14. The van der Waals surface area contributed by atoms with Crippen LogP contribution in [0.25, 0.3) is 73.0 Å². The van der Waals surface area contributed by atoms with Gasteiger partial charge < -0.3 is 9.15 Å². The summed E-state index contributed by atoms with van der Waals surface area (Å²) in [5.74, 6) is 2.52. The smallest absolute Gasteiger partial charge is 0.146 e. The molecule has 4 aromatic heterocycles. The molecule has 1 atom stereocenters. The quantitative estimate of drug-likeness (QED) is 0.181. The molecule has 252 valence electrons. The number of hydrogen-bond donors (Lipinski definition) is 0. The lowest BCUT2D eigenvalue weighted by Gasteiger charge is -2.42. The number of para-hydroxylation sites is 2. The van der Waals surface area contributed by atoms with E-state index in [2.05, 4.69) is 132 Å². The molecule has 5 heterocycles. The Bertz CT molecular complexity index is 3210. The maximum absolute atomic E-state index is 6.87. The van der Waals surface area contributed by atoms with Gasteiger partial charge in [0.05, 0.1) is 10.9 Å². The molecule has 1 spiro atoms. The van der Waals surface area contributed by atoms with Crippen molar-refractivity contribution in [3.8, 4) is 28.4 Å². The fraction of sp³-hybridized carbons (Fsp3) is 0.0204. The molecule has 10 aromatic rings. The maximum atomic E-state index is 6.87. The summed E-state index contributed by atoms with van der Waals surface area (Å²) in [5, 5.41) is 4.34. The van der Waals surface area contributed by atoms with Crippen LogP contribution in [0.3, 0.4) is 0 Å². The van der Waals surface area contributed by atoms with E-state index in [1.165, 1.54) is 16.7 Å². The maximum Gasteiger partial charge on any atom is 0.146 e. The minimum Gasteiger partial charge on any atom is -0.457 e. The topological polar surface area (TPSA) is 53.1 Å². The molecule has 2 aliphatic rings. The van der Waals surface area contributed by atoms with E-state index >= 15 is 0 Å². The summed E-state index contributed by atoms with van der Waals surface area (Å²) in [7, 11) is 0. The molecule has 0 radical (unpaired) electrons. The van der Waals surface area contributed by atoms with Crippen LogP contribution in [-0.2, 0) is 5.41 Å². The highest BCUT2D eigenvalue weighted by Crippen LogP contribution is 2.59. The molecule has 0 N–H and O–H groups in total. The van der Waals surface area contributed by atoms with Crippen LogP contribution < -0.4 is 4.74 Å². The summed E-state index contributed by atoms with van der Waals surface area (Å²) in [5.41, 5.74) is 12.1. The third-order valence-electron chi connectivity index (χ3n) is 11.4. The lowest BCUT2D eigenvalue weighted by atomic mass is 9.62. The molecule has 5 nitrogen and oxygen atoms in total. The zero-order chi connectivity index (χ0) is 35.4. The molecule has 6 aromatic carbocycles. The first-order chi connectivity index (χ1) is 26.8. The van der Waals surface area contributed by atoms with Crippen LogP contribution in [0.1, 0.15) is 33.4 Å². The number of rotatable bonds is 2. The van der Waals surface area contributed by atoms with E-state index < -0.39 is 5.41 Å². The van der Waals surface area contributed by atoms with Crippen molar-refractivity contribution in [2.75, 3.05) is 0 Å². The highest BCUT2D eigenvalue weighted by Gasteiger charge is 2.48. The van der Waals surface area contributed by atoms with Crippen molar-refractivity contribution in [1.29, 1.82) is 0 Å². The Balaban J connectivity index is 1.16. The van der Waals surface area contributed by atoms with Gasteiger partial charge in [0.15, 0.2) is 0 Å². The summed E-state index contributed by atoms with van der Waals surface area (Å²) in [6, 6.07) is 53.7. The number of ether oxygens (including phenoxy) is 1. The van der Waals surface area contributed by atoms with Crippen molar-refractivity contribution in [2.24, 2.45) is 0 Å². The lowest BCUT2D eigenvalue weighted by molar-refractivity contribution is 0.435. The van der Waals surface area contributed by atoms with Crippen molar-refractivity contribution in [3.05, 3.63) is 197 Å². The Kier molecular flexibility index (Phi) is 5.92. The third kappa shape index (κ3) is 3.93. The Morgan fingerprint density at radius 3 is 2.15 bits per heavy atom. The second-order valence-electron chi connectivity index (χ2n) is 14.1. The number of aromatic nitrogens is 3. The van der Waals surface area contributed by atoms with Crippen LogP contribution in [-0.4, -0.2) is 14.5 Å². The van der Waals surface area contributed by atoms with Crippen LogP contribution in [0.5, 0.6) is 11.5 Å². The highest BCUT2D eigenvalue weighted by atomic mass is 16.5. The van der Waals surface area contributed by atoms with Crippen LogP contribution >= 0.6 is 0 Å². The molecule has 54 heavy (non-hydrogen) atoms. The summed E-state index contributed by atoms with van der Waals surface area (Å²) < 4.78 is 15.6. The van der Waals surface area contributed by atoms with Crippen LogP contribution in [0, 0.1) is 0 Å². The Morgan fingerprint density at radius 1 is 0.463 bits per heavy atom. The minimum absolute atomic E-state index is 0.716. The molecular weight excluding hydrogens is 663 g/mol. The lowest BCUT2D eigenvalue weighted by Crippen LogP contribution is -2.35.